The van der Waals surface area contributed by atoms with Gasteiger partial charge < -0.3 is 5.73 Å². The summed E-state index contributed by atoms with van der Waals surface area (Å²) in [5, 5.41) is 3.47. The predicted octanol–water partition coefficient (Wildman–Crippen LogP) is 1.49. The molecule has 0 amide bonds. The van der Waals surface area contributed by atoms with Crippen LogP contribution in [0.4, 0.5) is 5.69 Å². The van der Waals surface area contributed by atoms with E-state index >= 15 is 0 Å². The summed E-state index contributed by atoms with van der Waals surface area (Å²) in [6, 6.07) is 5.53. The number of nitrogens with one attached hydrogen (secondary N) is 1. The maximum absolute atomic E-state index is 11.5. The zero-order valence-electron chi connectivity index (χ0n) is 8.24. The van der Waals surface area contributed by atoms with Crippen LogP contribution in [0.2, 0.25) is 0 Å². The fourth-order valence-corrected chi connectivity index (χ4v) is 1.58. The second kappa shape index (κ2) is 2.90. The Morgan fingerprint density at radius 1 is 1.43 bits per heavy atom. The lowest BCUT2D eigenvalue weighted by Crippen LogP contribution is -2.07. The van der Waals surface area contributed by atoms with Gasteiger partial charge in [-0.3, -0.25) is 14.6 Å². The number of fused-ring (bicyclic) bond motifs is 1. The molecule has 0 atom stereocenters. The average molecular weight is 191 g/mol. The maximum atomic E-state index is 11.5. The van der Waals surface area contributed by atoms with Gasteiger partial charge in [0.25, 0.3) is 5.56 Å². The molecule has 3 N–H and O–H groups in total. The summed E-state index contributed by atoms with van der Waals surface area (Å²) >= 11 is 0. The number of aromatic amines is 1. The Bertz CT molecular complexity index is 522. The van der Waals surface area contributed by atoms with Crippen molar-refractivity contribution in [2.75, 3.05) is 5.73 Å². The Morgan fingerprint density at radius 3 is 2.79 bits per heavy atom. The fourth-order valence-electron chi connectivity index (χ4n) is 1.58. The van der Waals surface area contributed by atoms with Gasteiger partial charge in [0.2, 0.25) is 0 Å². The summed E-state index contributed by atoms with van der Waals surface area (Å²) < 4.78 is 1.83. The van der Waals surface area contributed by atoms with Crippen molar-refractivity contribution in [1.29, 1.82) is 0 Å². The van der Waals surface area contributed by atoms with E-state index in [1.807, 2.05) is 24.6 Å². The van der Waals surface area contributed by atoms with Crippen LogP contribution in [0.25, 0.3) is 10.9 Å². The van der Waals surface area contributed by atoms with Crippen LogP contribution >= 0.6 is 0 Å². The zero-order valence-corrected chi connectivity index (χ0v) is 8.24. The van der Waals surface area contributed by atoms with Crippen molar-refractivity contribution in [3.8, 4) is 0 Å². The molecule has 0 saturated heterocycles. The third-order valence-electron chi connectivity index (χ3n) is 2.26. The summed E-state index contributed by atoms with van der Waals surface area (Å²) in [5.41, 5.74) is 7.15. The molecule has 14 heavy (non-hydrogen) atoms. The highest BCUT2D eigenvalue weighted by atomic mass is 16.1. The first-order valence-corrected chi connectivity index (χ1v) is 4.59. The van der Waals surface area contributed by atoms with Gasteiger partial charge in [0.15, 0.2) is 0 Å². The maximum Gasteiger partial charge on any atom is 0.271 e. The average Bonchev–Trinajstić information content (AvgIpc) is 2.43. The van der Waals surface area contributed by atoms with Crippen molar-refractivity contribution in [3.05, 3.63) is 28.6 Å². The number of anilines is 1. The van der Waals surface area contributed by atoms with Crippen LogP contribution in [0.1, 0.15) is 19.9 Å². The van der Waals surface area contributed by atoms with Crippen LogP contribution in [0.5, 0.6) is 0 Å². The van der Waals surface area contributed by atoms with E-state index in [1.165, 1.54) is 0 Å². The Morgan fingerprint density at radius 2 is 2.14 bits per heavy atom. The second-order valence-corrected chi connectivity index (χ2v) is 3.68. The van der Waals surface area contributed by atoms with Crippen molar-refractivity contribution in [2.45, 2.75) is 19.9 Å². The molecule has 0 spiro atoms. The van der Waals surface area contributed by atoms with E-state index in [4.69, 9.17) is 5.73 Å². The number of hydrogen-bond donors (Lipinski definition) is 2. The normalized spacial score (nSPS) is 11.4. The molecule has 0 aliphatic heterocycles. The molecule has 0 radical (unpaired) electrons. The van der Waals surface area contributed by atoms with E-state index in [0.717, 1.165) is 5.52 Å². The highest BCUT2D eigenvalue weighted by Crippen LogP contribution is 2.16. The summed E-state index contributed by atoms with van der Waals surface area (Å²) in [6.07, 6.45) is 0. The molecular weight excluding hydrogens is 178 g/mol. The molecule has 0 aliphatic carbocycles. The standard InChI is InChI=1S/C10H13N3O/c1-6(2)13-9-5-7(11)3-4-8(9)10(14)12-13/h3-6H,11H2,1-2H3,(H,12,14). The number of nitrogens with two attached hydrogens (primary N) is 1. The minimum absolute atomic E-state index is 0.0614. The highest BCUT2D eigenvalue weighted by molar-refractivity contribution is 5.81. The second-order valence-electron chi connectivity index (χ2n) is 3.68. The van der Waals surface area contributed by atoms with Gasteiger partial charge in [-0.1, -0.05) is 0 Å². The van der Waals surface area contributed by atoms with Gasteiger partial charge in [0.05, 0.1) is 10.9 Å². The summed E-state index contributed by atoms with van der Waals surface area (Å²) in [5.74, 6) is 0. The number of aromatic nitrogens is 2. The van der Waals surface area contributed by atoms with Crippen LogP contribution in [0.15, 0.2) is 23.0 Å². The summed E-state index contributed by atoms with van der Waals surface area (Å²) in [6.45, 7) is 4.02. The van der Waals surface area contributed by atoms with Crippen molar-refractivity contribution in [1.82, 2.24) is 9.78 Å². The molecule has 0 bridgehead atoms. The van der Waals surface area contributed by atoms with Gasteiger partial charge in [-0.2, -0.15) is 0 Å². The van der Waals surface area contributed by atoms with E-state index in [1.54, 1.807) is 12.1 Å². The third-order valence-corrected chi connectivity index (χ3v) is 2.26. The SMILES string of the molecule is CC(C)n1[nH]c(=O)c2ccc(N)cc21. The molecule has 4 nitrogen and oxygen atoms in total. The number of hydrogen-bond acceptors (Lipinski definition) is 2. The Kier molecular flexibility index (Phi) is 1.84. The third kappa shape index (κ3) is 1.19. The quantitative estimate of drug-likeness (QED) is 0.671. The van der Waals surface area contributed by atoms with Crippen LogP contribution in [-0.2, 0) is 0 Å². The molecule has 0 fully saturated rings. The van der Waals surface area contributed by atoms with Gasteiger partial charge in [0.1, 0.15) is 0 Å². The van der Waals surface area contributed by atoms with E-state index in [9.17, 15) is 4.79 Å². The van der Waals surface area contributed by atoms with E-state index < -0.39 is 0 Å². The molecule has 1 aromatic heterocycles. The van der Waals surface area contributed by atoms with Crippen LogP contribution in [0, 0.1) is 0 Å². The molecule has 74 valence electrons. The molecule has 2 aromatic rings. The van der Waals surface area contributed by atoms with Gasteiger partial charge in [-0.25, -0.2) is 0 Å². The molecule has 0 saturated carbocycles. The zero-order chi connectivity index (χ0) is 10.3. The van der Waals surface area contributed by atoms with Gasteiger partial charge >= 0.3 is 0 Å². The molecule has 4 heteroatoms. The predicted molar refractivity (Wildman–Crippen MR) is 57.4 cm³/mol. The first-order valence-electron chi connectivity index (χ1n) is 4.59. The minimum Gasteiger partial charge on any atom is -0.399 e. The number of rotatable bonds is 1. The highest BCUT2D eigenvalue weighted by Gasteiger charge is 2.08. The van der Waals surface area contributed by atoms with Crippen molar-refractivity contribution in [2.24, 2.45) is 0 Å². The molecule has 1 heterocycles. The number of H-pyrrole nitrogens is 1. The first kappa shape index (κ1) is 8.87. The Hall–Kier alpha value is -1.71. The topological polar surface area (TPSA) is 63.8 Å². The molecule has 1 aromatic carbocycles. The molecule has 2 rings (SSSR count). The Labute approximate surface area is 81.3 Å². The Balaban J connectivity index is 2.86. The lowest BCUT2D eigenvalue weighted by atomic mass is 10.2. The van der Waals surface area contributed by atoms with E-state index in [2.05, 4.69) is 5.10 Å². The molecule has 0 unspecified atom stereocenters. The number of nitrogens with zero attached hydrogens (tertiary/aromatic N) is 1. The van der Waals surface area contributed by atoms with Crippen LogP contribution < -0.4 is 11.3 Å². The summed E-state index contributed by atoms with van der Waals surface area (Å²) in [7, 11) is 0. The fraction of sp³-hybridized carbons (Fsp3) is 0.300. The molecular formula is C10H13N3O. The first-order chi connectivity index (χ1) is 6.59. The van der Waals surface area contributed by atoms with Crippen LogP contribution in [-0.4, -0.2) is 9.78 Å². The van der Waals surface area contributed by atoms with Crippen molar-refractivity contribution >= 4 is 16.6 Å². The van der Waals surface area contributed by atoms with E-state index in [0.29, 0.717) is 11.1 Å². The van der Waals surface area contributed by atoms with Gasteiger partial charge in [0, 0.05) is 11.7 Å². The van der Waals surface area contributed by atoms with E-state index in [-0.39, 0.29) is 11.6 Å². The lowest BCUT2D eigenvalue weighted by molar-refractivity contribution is 0.546. The largest absolute Gasteiger partial charge is 0.399 e. The van der Waals surface area contributed by atoms with Crippen molar-refractivity contribution in [3.63, 3.8) is 0 Å². The monoisotopic (exact) mass is 191 g/mol. The molecule has 0 aliphatic rings. The lowest BCUT2D eigenvalue weighted by Gasteiger charge is -2.07. The van der Waals surface area contributed by atoms with Crippen LogP contribution in [0.3, 0.4) is 0 Å². The minimum atomic E-state index is -0.0614. The summed E-state index contributed by atoms with van der Waals surface area (Å²) in [4.78, 5) is 11.5. The van der Waals surface area contributed by atoms with Gasteiger partial charge in [-0.05, 0) is 32.0 Å². The number of benzene rings is 1. The van der Waals surface area contributed by atoms with Gasteiger partial charge in [-0.15, -0.1) is 0 Å². The number of nitrogen functional groups attached to an aromatic ring is 1. The smallest absolute Gasteiger partial charge is 0.271 e. The van der Waals surface area contributed by atoms with Crippen molar-refractivity contribution < 1.29 is 0 Å².